The van der Waals surface area contributed by atoms with E-state index in [1.54, 1.807) is 12.3 Å². The standard InChI is InChI=1S/C17H19NO2/c1-17(2,3)14-8-6-12(7-9-14)16-13(11-15(19)20)5-4-10-18-16/h4-10H,11H2,1-3H3,(H,19,20). The molecule has 0 spiro atoms. The van der Waals surface area contributed by atoms with Gasteiger partial charge in [-0.1, -0.05) is 51.1 Å². The van der Waals surface area contributed by atoms with E-state index >= 15 is 0 Å². The largest absolute Gasteiger partial charge is 0.481 e. The molecule has 0 unspecified atom stereocenters. The van der Waals surface area contributed by atoms with E-state index in [1.807, 2.05) is 18.2 Å². The number of carbonyl (C=O) groups is 1. The number of carboxylic acid groups (broad SMARTS) is 1. The van der Waals surface area contributed by atoms with Gasteiger partial charge in [-0.15, -0.1) is 0 Å². The van der Waals surface area contributed by atoms with Gasteiger partial charge in [0.25, 0.3) is 0 Å². The van der Waals surface area contributed by atoms with Crippen molar-refractivity contribution in [3.8, 4) is 11.3 Å². The number of aromatic nitrogens is 1. The molecular weight excluding hydrogens is 250 g/mol. The van der Waals surface area contributed by atoms with Crippen molar-refractivity contribution >= 4 is 5.97 Å². The first-order valence-corrected chi connectivity index (χ1v) is 6.64. The molecule has 3 heteroatoms. The number of hydrogen-bond donors (Lipinski definition) is 1. The minimum Gasteiger partial charge on any atom is -0.481 e. The van der Waals surface area contributed by atoms with Gasteiger partial charge < -0.3 is 5.11 Å². The topological polar surface area (TPSA) is 50.2 Å². The van der Waals surface area contributed by atoms with Crippen LogP contribution in [0.1, 0.15) is 31.9 Å². The second kappa shape index (κ2) is 5.45. The van der Waals surface area contributed by atoms with Gasteiger partial charge >= 0.3 is 5.97 Å². The molecule has 0 aliphatic heterocycles. The maximum Gasteiger partial charge on any atom is 0.307 e. The van der Waals surface area contributed by atoms with Crippen LogP contribution in [0.15, 0.2) is 42.6 Å². The van der Waals surface area contributed by atoms with E-state index in [0.717, 1.165) is 16.8 Å². The Morgan fingerprint density at radius 2 is 1.80 bits per heavy atom. The fourth-order valence-electron chi connectivity index (χ4n) is 2.13. The Hall–Kier alpha value is -2.16. The predicted molar refractivity (Wildman–Crippen MR) is 79.7 cm³/mol. The molecule has 0 amide bonds. The number of hydrogen-bond acceptors (Lipinski definition) is 2. The molecule has 104 valence electrons. The number of rotatable bonds is 3. The van der Waals surface area contributed by atoms with Crippen LogP contribution in [0.3, 0.4) is 0 Å². The van der Waals surface area contributed by atoms with E-state index in [2.05, 4.69) is 37.9 Å². The first kappa shape index (κ1) is 14.3. The molecule has 1 N–H and O–H groups in total. The maximum atomic E-state index is 10.9. The molecule has 20 heavy (non-hydrogen) atoms. The Balaban J connectivity index is 2.39. The first-order valence-electron chi connectivity index (χ1n) is 6.64. The summed E-state index contributed by atoms with van der Waals surface area (Å²) in [7, 11) is 0. The van der Waals surface area contributed by atoms with E-state index in [0.29, 0.717) is 0 Å². The lowest BCUT2D eigenvalue weighted by Crippen LogP contribution is -2.10. The Labute approximate surface area is 119 Å². The lowest BCUT2D eigenvalue weighted by Gasteiger charge is -2.19. The van der Waals surface area contributed by atoms with Crippen molar-refractivity contribution in [2.75, 3.05) is 0 Å². The average molecular weight is 269 g/mol. The van der Waals surface area contributed by atoms with Crippen LogP contribution in [0.5, 0.6) is 0 Å². The van der Waals surface area contributed by atoms with Gasteiger partial charge in [-0.3, -0.25) is 9.78 Å². The van der Waals surface area contributed by atoms with Gasteiger partial charge in [-0.05, 0) is 22.6 Å². The molecule has 0 radical (unpaired) electrons. The number of carboxylic acids is 1. The Morgan fingerprint density at radius 1 is 1.15 bits per heavy atom. The van der Waals surface area contributed by atoms with Crippen LogP contribution in [0, 0.1) is 0 Å². The van der Waals surface area contributed by atoms with Crippen LogP contribution >= 0.6 is 0 Å². The summed E-state index contributed by atoms with van der Waals surface area (Å²) >= 11 is 0. The van der Waals surface area contributed by atoms with Crippen LogP contribution in [0.2, 0.25) is 0 Å². The third kappa shape index (κ3) is 3.23. The highest BCUT2D eigenvalue weighted by Gasteiger charge is 2.14. The highest BCUT2D eigenvalue weighted by Crippen LogP contribution is 2.27. The zero-order valence-electron chi connectivity index (χ0n) is 12.1. The van der Waals surface area contributed by atoms with Crippen LogP contribution in [0.4, 0.5) is 0 Å². The number of benzene rings is 1. The molecule has 0 saturated heterocycles. The Bertz CT molecular complexity index is 610. The van der Waals surface area contributed by atoms with Crippen molar-refractivity contribution in [3.05, 3.63) is 53.7 Å². The number of nitrogens with zero attached hydrogens (tertiary/aromatic N) is 1. The summed E-state index contributed by atoms with van der Waals surface area (Å²) in [6.07, 6.45) is 1.68. The SMILES string of the molecule is CC(C)(C)c1ccc(-c2ncccc2CC(=O)O)cc1. The fourth-order valence-corrected chi connectivity index (χ4v) is 2.13. The molecule has 1 aromatic heterocycles. The average Bonchev–Trinajstić information content (AvgIpc) is 2.38. The third-order valence-electron chi connectivity index (χ3n) is 3.26. The fraction of sp³-hybridized carbons (Fsp3) is 0.294. The summed E-state index contributed by atoms with van der Waals surface area (Å²) in [5.74, 6) is -0.842. The molecule has 0 aliphatic rings. The molecule has 2 aromatic rings. The van der Waals surface area contributed by atoms with Crippen LogP contribution < -0.4 is 0 Å². The molecule has 1 aromatic carbocycles. The summed E-state index contributed by atoms with van der Waals surface area (Å²) in [5.41, 5.74) is 3.79. The Kier molecular flexibility index (Phi) is 3.89. The van der Waals surface area contributed by atoms with Crippen molar-refractivity contribution < 1.29 is 9.90 Å². The quantitative estimate of drug-likeness (QED) is 0.924. The maximum absolute atomic E-state index is 10.9. The van der Waals surface area contributed by atoms with Gasteiger partial charge in [0.15, 0.2) is 0 Å². The molecule has 0 aliphatic carbocycles. The lowest BCUT2D eigenvalue weighted by atomic mass is 9.86. The van der Waals surface area contributed by atoms with Gasteiger partial charge in [0.2, 0.25) is 0 Å². The van der Waals surface area contributed by atoms with E-state index < -0.39 is 5.97 Å². The van der Waals surface area contributed by atoms with E-state index in [9.17, 15) is 4.79 Å². The zero-order valence-corrected chi connectivity index (χ0v) is 12.1. The van der Waals surface area contributed by atoms with Gasteiger partial charge in [-0.25, -0.2) is 0 Å². The van der Waals surface area contributed by atoms with E-state index in [-0.39, 0.29) is 11.8 Å². The summed E-state index contributed by atoms with van der Waals surface area (Å²) in [6, 6.07) is 11.8. The number of pyridine rings is 1. The van der Waals surface area contributed by atoms with Gasteiger partial charge in [0.1, 0.15) is 0 Å². The molecule has 2 rings (SSSR count). The van der Waals surface area contributed by atoms with Crippen molar-refractivity contribution in [3.63, 3.8) is 0 Å². The second-order valence-corrected chi connectivity index (χ2v) is 5.91. The second-order valence-electron chi connectivity index (χ2n) is 5.91. The normalized spacial score (nSPS) is 11.3. The van der Waals surface area contributed by atoms with Crippen molar-refractivity contribution in [1.82, 2.24) is 4.98 Å². The number of aliphatic carboxylic acids is 1. The molecule has 0 fully saturated rings. The first-order chi connectivity index (χ1) is 9.38. The minimum absolute atomic E-state index is 0.00973. The highest BCUT2D eigenvalue weighted by molar-refractivity contribution is 5.75. The molecule has 1 heterocycles. The van der Waals surface area contributed by atoms with Crippen molar-refractivity contribution in [2.24, 2.45) is 0 Å². The van der Waals surface area contributed by atoms with E-state index in [4.69, 9.17) is 5.11 Å². The zero-order chi connectivity index (χ0) is 14.8. The van der Waals surface area contributed by atoms with Gasteiger partial charge in [0, 0.05) is 11.8 Å². The smallest absolute Gasteiger partial charge is 0.307 e. The molecule has 0 bridgehead atoms. The van der Waals surface area contributed by atoms with Crippen molar-refractivity contribution in [1.29, 1.82) is 0 Å². The summed E-state index contributed by atoms with van der Waals surface area (Å²) in [5, 5.41) is 8.96. The third-order valence-corrected chi connectivity index (χ3v) is 3.26. The molecular formula is C17H19NO2. The predicted octanol–water partition coefficient (Wildman–Crippen LogP) is 3.67. The Morgan fingerprint density at radius 3 is 2.35 bits per heavy atom. The summed E-state index contributed by atoms with van der Waals surface area (Å²) in [6.45, 7) is 6.50. The van der Waals surface area contributed by atoms with Crippen LogP contribution in [-0.2, 0) is 16.6 Å². The lowest BCUT2D eigenvalue weighted by molar-refractivity contribution is -0.136. The van der Waals surface area contributed by atoms with Gasteiger partial charge in [0.05, 0.1) is 12.1 Å². The summed E-state index contributed by atoms with van der Waals surface area (Å²) in [4.78, 5) is 15.2. The van der Waals surface area contributed by atoms with Crippen LogP contribution in [0.25, 0.3) is 11.3 Å². The van der Waals surface area contributed by atoms with E-state index in [1.165, 1.54) is 5.56 Å². The summed E-state index contributed by atoms with van der Waals surface area (Å²) < 4.78 is 0. The van der Waals surface area contributed by atoms with Gasteiger partial charge in [-0.2, -0.15) is 0 Å². The molecule has 3 nitrogen and oxygen atoms in total. The molecule has 0 saturated carbocycles. The minimum atomic E-state index is -0.842. The highest BCUT2D eigenvalue weighted by atomic mass is 16.4. The van der Waals surface area contributed by atoms with Crippen LogP contribution in [-0.4, -0.2) is 16.1 Å². The van der Waals surface area contributed by atoms with Crippen molar-refractivity contribution in [2.45, 2.75) is 32.6 Å². The molecule has 0 atom stereocenters. The monoisotopic (exact) mass is 269 g/mol.